The zero-order valence-electron chi connectivity index (χ0n) is 23.5. The van der Waals surface area contributed by atoms with Gasteiger partial charge in [0.25, 0.3) is 21.8 Å². The van der Waals surface area contributed by atoms with E-state index in [4.69, 9.17) is 14.2 Å². The fourth-order valence-corrected chi connectivity index (χ4v) is 4.50. The molecule has 0 aliphatic heterocycles. The van der Waals surface area contributed by atoms with Gasteiger partial charge in [0.15, 0.2) is 11.5 Å². The molecule has 0 unspecified atom stereocenters. The summed E-state index contributed by atoms with van der Waals surface area (Å²) in [7, 11) is -1.23. The minimum Gasteiger partial charge on any atom is -0.493 e. The maximum Gasteiger partial charge on any atom is 0.414 e. The second-order valence-corrected chi connectivity index (χ2v) is 10.4. The van der Waals surface area contributed by atoms with Crippen molar-refractivity contribution >= 4 is 33.9 Å². The van der Waals surface area contributed by atoms with Crippen LogP contribution in [0.1, 0.15) is 33.2 Å². The van der Waals surface area contributed by atoms with Gasteiger partial charge in [-0.15, -0.1) is 0 Å². The lowest BCUT2D eigenvalue weighted by Gasteiger charge is -2.10. The van der Waals surface area contributed by atoms with Crippen molar-refractivity contribution < 1.29 is 46.5 Å². The number of hydrogen-bond acceptors (Lipinski definition) is 11. The molecule has 0 saturated heterocycles. The smallest absolute Gasteiger partial charge is 0.414 e. The summed E-state index contributed by atoms with van der Waals surface area (Å²) in [6, 6.07) is 13.1. The SMILES string of the molecule is COc1ccc(C(=O)NCCc2ccc(S(=O)(=O)NC(=O)c3ccc(OC(=O)NCCOC(C)=O)nc3)cc2)cc1OC. The summed E-state index contributed by atoms with van der Waals surface area (Å²) >= 11 is 0. The van der Waals surface area contributed by atoms with E-state index >= 15 is 0 Å². The van der Waals surface area contributed by atoms with Crippen molar-refractivity contribution in [1.29, 1.82) is 0 Å². The third kappa shape index (κ3) is 9.71. The molecule has 3 aromatic rings. The van der Waals surface area contributed by atoms with Gasteiger partial charge in [-0.25, -0.2) is 22.9 Å². The third-order valence-electron chi connectivity index (χ3n) is 5.68. The molecule has 1 heterocycles. The number of benzene rings is 2. The monoisotopic (exact) mass is 614 g/mol. The summed E-state index contributed by atoms with van der Waals surface area (Å²) < 4.78 is 47.4. The summed E-state index contributed by atoms with van der Waals surface area (Å²) in [5, 5.41) is 5.13. The molecule has 0 saturated carbocycles. The lowest BCUT2D eigenvalue weighted by Crippen LogP contribution is -2.31. The molecule has 0 aliphatic carbocycles. The first-order valence-electron chi connectivity index (χ1n) is 12.7. The number of pyridine rings is 1. The molecule has 43 heavy (non-hydrogen) atoms. The number of aromatic nitrogens is 1. The third-order valence-corrected chi connectivity index (χ3v) is 7.03. The van der Waals surface area contributed by atoms with Crippen LogP contribution in [-0.2, 0) is 26.0 Å². The molecule has 0 bridgehead atoms. The van der Waals surface area contributed by atoms with Crippen molar-refractivity contribution in [1.82, 2.24) is 20.3 Å². The first-order chi connectivity index (χ1) is 20.5. The number of nitrogens with one attached hydrogen (secondary N) is 3. The zero-order valence-corrected chi connectivity index (χ0v) is 24.4. The molecule has 0 spiro atoms. The topological polar surface area (TPSA) is 188 Å². The molecule has 0 fully saturated rings. The van der Waals surface area contributed by atoms with Crippen LogP contribution in [0, 0.1) is 0 Å². The van der Waals surface area contributed by atoms with E-state index < -0.39 is 28.0 Å². The van der Waals surface area contributed by atoms with E-state index in [1.165, 1.54) is 45.4 Å². The predicted molar refractivity (Wildman–Crippen MR) is 152 cm³/mol. The lowest BCUT2D eigenvalue weighted by atomic mass is 10.1. The van der Waals surface area contributed by atoms with Crippen molar-refractivity contribution in [2.24, 2.45) is 0 Å². The Morgan fingerprint density at radius 3 is 2.14 bits per heavy atom. The fraction of sp³-hybridized carbons (Fsp3) is 0.250. The number of methoxy groups -OCH3 is 2. The zero-order chi connectivity index (χ0) is 31.4. The molecule has 14 nitrogen and oxygen atoms in total. The van der Waals surface area contributed by atoms with E-state index in [-0.39, 0.29) is 35.4 Å². The van der Waals surface area contributed by atoms with Crippen LogP contribution in [0.15, 0.2) is 65.7 Å². The van der Waals surface area contributed by atoms with Crippen molar-refractivity contribution in [2.75, 3.05) is 33.9 Å². The Balaban J connectivity index is 1.49. The van der Waals surface area contributed by atoms with E-state index in [0.717, 1.165) is 11.8 Å². The first-order valence-corrected chi connectivity index (χ1v) is 14.2. The molecule has 228 valence electrons. The predicted octanol–water partition coefficient (Wildman–Crippen LogP) is 1.84. The molecule has 0 radical (unpaired) electrons. The Morgan fingerprint density at radius 2 is 1.51 bits per heavy atom. The number of sulfonamides is 1. The van der Waals surface area contributed by atoms with E-state index in [0.29, 0.717) is 30.0 Å². The average Bonchev–Trinajstić information content (AvgIpc) is 2.99. The number of ether oxygens (including phenoxy) is 4. The number of rotatable bonds is 13. The summed E-state index contributed by atoms with van der Waals surface area (Å²) in [6.45, 7) is 1.51. The van der Waals surface area contributed by atoms with Gasteiger partial charge in [0.05, 0.1) is 31.2 Å². The highest BCUT2D eigenvalue weighted by Crippen LogP contribution is 2.27. The summed E-state index contributed by atoms with van der Waals surface area (Å²) in [4.78, 5) is 51.1. The largest absolute Gasteiger partial charge is 0.493 e. The van der Waals surface area contributed by atoms with Gasteiger partial charge in [-0.05, 0) is 48.4 Å². The highest BCUT2D eigenvalue weighted by molar-refractivity contribution is 7.90. The van der Waals surface area contributed by atoms with Crippen LogP contribution in [0.4, 0.5) is 4.79 Å². The van der Waals surface area contributed by atoms with E-state index in [1.54, 1.807) is 30.3 Å². The number of hydrogen-bond donors (Lipinski definition) is 3. The van der Waals surface area contributed by atoms with Gasteiger partial charge >= 0.3 is 12.1 Å². The lowest BCUT2D eigenvalue weighted by molar-refractivity contribution is -0.140. The number of esters is 1. The Labute approximate surface area is 247 Å². The molecule has 3 rings (SSSR count). The van der Waals surface area contributed by atoms with Gasteiger partial charge in [0.2, 0.25) is 5.88 Å². The second kappa shape index (κ2) is 15.2. The highest BCUT2D eigenvalue weighted by atomic mass is 32.2. The molecular weight excluding hydrogens is 584 g/mol. The van der Waals surface area contributed by atoms with Gasteiger partial charge in [-0.1, -0.05) is 12.1 Å². The maximum absolute atomic E-state index is 12.7. The molecule has 15 heteroatoms. The van der Waals surface area contributed by atoms with Crippen molar-refractivity contribution in [3.8, 4) is 17.4 Å². The average molecular weight is 615 g/mol. The summed E-state index contributed by atoms with van der Waals surface area (Å²) in [5.41, 5.74) is 1.06. The van der Waals surface area contributed by atoms with Gasteiger partial charge in [-0.2, -0.15) is 0 Å². The van der Waals surface area contributed by atoms with Crippen LogP contribution < -0.4 is 29.6 Å². The standard InChI is InChI=1S/C28H30N4O10S/c1-18(33)41-15-14-30-28(36)42-25-11-7-21(17-31-25)27(35)32-43(37,38)22-8-4-19(5-9-22)12-13-29-26(34)20-6-10-23(39-2)24(16-20)40-3/h4-11,16-17H,12-15H2,1-3H3,(H,29,34)(H,30,36)(H,32,35). The Kier molecular flexibility index (Phi) is 11.4. The van der Waals surface area contributed by atoms with Crippen molar-refractivity contribution in [3.63, 3.8) is 0 Å². The van der Waals surface area contributed by atoms with Gasteiger partial charge in [-0.3, -0.25) is 14.4 Å². The molecule has 3 amide bonds. The Hall–Kier alpha value is -5.18. The number of nitrogens with zero attached hydrogens (tertiary/aromatic N) is 1. The minimum atomic E-state index is -4.21. The van der Waals surface area contributed by atoms with Gasteiger partial charge < -0.3 is 29.6 Å². The Morgan fingerprint density at radius 1 is 0.814 bits per heavy atom. The maximum atomic E-state index is 12.7. The highest BCUT2D eigenvalue weighted by Gasteiger charge is 2.19. The molecular formula is C28H30N4O10S. The fourth-order valence-electron chi connectivity index (χ4n) is 3.53. The summed E-state index contributed by atoms with van der Waals surface area (Å²) in [5.74, 6) is -0.947. The second-order valence-electron chi connectivity index (χ2n) is 8.70. The van der Waals surface area contributed by atoms with Crippen molar-refractivity contribution in [3.05, 3.63) is 77.5 Å². The Bertz CT molecular complexity index is 1560. The van der Waals surface area contributed by atoms with Crippen LogP contribution in [-0.4, -0.2) is 71.2 Å². The quantitative estimate of drug-likeness (QED) is 0.188. The number of carbonyl (C=O) groups is 4. The number of carbonyl (C=O) groups excluding carboxylic acids is 4. The van der Waals surface area contributed by atoms with Crippen LogP contribution in [0.2, 0.25) is 0 Å². The van der Waals surface area contributed by atoms with Crippen LogP contribution in [0.25, 0.3) is 0 Å². The summed E-state index contributed by atoms with van der Waals surface area (Å²) in [6.07, 6.45) is 0.616. The van der Waals surface area contributed by atoms with Crippen molar-refractivity contribution in [2.45, 2.75) is 18.2 Å². The first kappa shape index (κ1) is 32.3. The number of amides is 3. The molecule has 3 N–H and O–H groups in total. The van der Waals surface area contributed by atoms with Gasteiger partial charge in [0, 0.05) is 31.3 Å². The van der Waals surface area contributed by atoms with E-state index in [9.17, 15) is 27.6 Å². The minimum absolute atomic E-state index is 0.0227. The molecule has 2 aromatic carbocycles. The molecule has 0 atom stereocenters. The normalized spacial score (nSPS) is 10.7. The van der Waals surface area contributed by atoms with Crippen LogP contribution in [0.3, 0.4) is 0 Å². The van der Waals surface area contributed by atoms with E-state index in [1.807, 2.05) is 4.72 Å². The van der Waals surface area contributed by atoms with Crippen LogP contribution >= 0.6 is 0 Å². The van der Waals surface area contributed by atoms with Crippen LogP contribution in [0.5, 0.6) is 17.4 Å². The van der Waals surface area contributed by atoms with E-state index in [2.05, 4.69) is 20.4 Å². The molecule has 0 aliphatic rings. The molecule has 1 aromatic heterocycles. The van der Waals surface area contributed by atoms with Gasteiger partial charge in [0.1, 0.15) is 6.61 Å².